The maximum Gasteiger partial charge on any atom is 0.367 e. The molecule has 0 aromatic carbocycles. The fourth-order valence-corrected chi connectivity index (χ4v) is 0.866. The summed E-state index contributed by atoms with van der Waals surface area (Å²) in [5, 5.41) is 3.62. The molecule has 0 aliphatic carbocycles. The maximum absolute atomic E-state index is 11.4. The molecule has 0 atom stereocenters. The Kier molecular flexibility index (Phi) is 2.18. The van der Waals surface area contributed by atoms with Crippen LogP contribution in [0.2, 0.25) is 0 Å². The Balaban J connectivity index is 2.11. The Hall–Kier alpha value is -2.24. The zero-order valence-corrected chi connectivity index (χ0v) is 7.07. The number of aromatic nitrogens is 4. The van der Waals surface area contributed by atoms with Crippen molar-refractivity contribution in [3.05, 3.63) is 42.7 Å². The molecular formula is C8H6N4O2. The lowest BCUT2D eigenvalue weighted by atomic mass is 10.3. The summed E-state index contributed by atoms with van der Waals surface area (Å²) >= 11 is 0. The Morgan fingerprint density at radius 3 is 3.00 bits per heavy atom. The predicted molar refractivity (Wildman–Crippen MR) is 45.2 cm³/mol. The van der Waals surface area contributed by atoms with Crippen LogP contribution in [0.4, 0.5) is 0 Å². The van der Waals surface area contributed by atoms with Crippen molar-refractivity contribution in [2.45, 2.75) is 0 Å². The van der Waals surface area contributed by atoms with Gasteiger partial charge in [-0.25, -0.2) is 9.78 Å². The fourth-order valence-electron chi connectivity index (χ4n) is 0.866. The number of hydrogen-bond acceptors (Lipinski definition) is 5. The van der Waals surface area contributed by atoms with Gasteiger partial charge in [-0.05, 0) is 12.1 Å². The van der Waals surface area contributed by atoms with Crippen molar-refractivity contribution in [2.75, 3.05) is 0 Å². The first-order valence-electron chi connectivity index (χ1n) is 3.83. The van der Waals surface area contributed by atoms with Crippen molar-refractivity contribution in [1.82, 2.24) is 19.9 Å². The normalized spacial score (nSPS) is 9.71. The van der Waals surface area contributed by atoms with Crippen molar-refractivity contribution >= 4 is 5.97 Å². The molecule has 2 rings (SSSR count). The van der Waals surface area contributed by atoms with E-state index in [-0.39, 0.29) is 0 Å². The second-order valence-corrected chi connectivity index (χ2v) is 2.42. The molecule has 0 aliphatic heterocycles. The average Bonchev–Trinajstić information content (AvgIpc) is 2.72. The Bertz CT molecular complexity index is 412. The number of nitrogens with zero attached hydrogens (tertiary/aromatic N) is 4. The quantitative estimate of drug-likeness (QED) is 0.663. The lowest BCUT2D eigenvalue weighted by Crippen LogP contribution is -2.20. The molecule has 0 spiro atoms. The monoisotopic (exact) mass is 190 g/mol. The first kappa shape index (κ1) is 8.36. The summed E-state index contributed by atoms with van der Waals surface area (Å²) in [7, 11) is 0. The standard InChI is InChI=1S/C8H6N4O2/c13-8(7-2-1-3-9-4-7)14-12-6-10-5-11-12/h1-6H. The van der Waals surface area contributed by atoms with Crippen LogP contribution in [0.5, 0.6) is 0 Å². The molecule has 6 nitrogen and oxygen atoms in total. The molecule has 0 N–H and O–H groups in total. The van der Waals surface area contributed by atoms with E-state index in [1.54, 1.807) is 18.3 Å². The van der Waals surface area contributed by atoms with Gasteiger partial charge in [-0.2, -0.15) is 0 Å². The number of carbonyl (C=O) groups excluding carboxylic acids is 1. The zero-order chi connectivity index (χ0) is 9.80. The number of rotatable bonds is 2. The molecule has 0 fully saturated rings. The average molecular weight is 190 g/mol. The van der Waals surface area contributed by atoms with Gasteiger partial charge in [-0.3, -0.25) is 4.98 Å². The van der Waals surface area contributed by atoms with Crippen molar-refractivity contribution in [2.24, 2.45) is 0 Å². The molecular weight excluding hydrogens is 184 g/mol. The van der Waals surface area contributed by atoms with E-state index in [1.165, 1.54) is 18.9 Å². The Morgan fingerprint density at radius 1 is 1.43 bits per heavy atom. The highest BCUT2D eigenvalue weighted by atomic mass is 16.7. The molecule has 0 aliphatic rings. The topological polar surface area (TPSA) is 69.9 Å². The summed E-state index contributed by atoms with van der Waals surface area (Å²) in [4.78, 5) is 24.6. The molecule has 0 bridgehead atoms. The summed E-state index contributed by atoms with van der Waals surface area (Å²) in [6, 6.07) is 3.25. The van der Waals surface area contributed by atoms with Gasteiger partial charge in [0.2, 0.25) is 0 Å². The SMILES string of the molecule is O=C(On1cncn1)c1cccnc1. The van der Waals surface area contributed by atoms with Crippen molar-refractivity contribution in [3.8, 4) is 0 Å². The third kappa shape index (κ3) is 1.74. The van der Waals surface area contributed by atoms with E-state index < -0.39 is 5.97 Å². The van der Waals surface area contributed by atoms with Crippen LogP contribution >= 0.6 is 0 Å². The highest BCUT2D eigenvalue weighted by Crippen LogP contribution is 1.95. The van der Waals surface area contributed by atoms with Gasteiger partial charge in [0.05, 0.1) is 5.56 Å². The van der Waals surface area contributed by atoms with E-state index in [0.717, 1.165) is 4.85 Å². The summed E-state index contributed by atoms with van der Waals surface area (Å²) < 4.78 is 0. The maximum atomic E-state index is 11.4. The molecule has 0 unspecified atom stereocenters. The van der Waals surface area contributed by atoms with Gasteiger partial charge < -0.3 is 4.84 Å². The van der Waals surface area contributed by atoms with Crippen molar-refractivity contribution in [3.63, 3.8) is 0 Å². The molecule has 2 aromatic heterocycles. The van der Waals surface area contributed by atoms with Gasteiger partial charge >= 0.3 is 5.97 Å². The number of pyridine rings is 1. The number of hydrogen-bond donors (Lipinski definition) is 0. The summed E-state index contributed by atoms with van der Waals surface area (Å²) in [5.74, 6) is -0.524. The molecule has 6 heteroatoms. The summed E-state index contributed by atoms with van der Waals surface area (Å²) in [5.41, 5.74) is 0.364. The molecule has 70 valence electrons. The smallest absolute Gasteiger partial charge is 0.312 e. The predicted octanol–water partition coefficient (Wildman–Crippen LogP) is -0.0579. The van der Waals surface area contributed by atoms with Crippen LogP contribution in [-0.4, -0.2) is 25.9 Å². The van der Waals surface area contributed by atoms with Crippen LogP contribution in [0.1, 0.15) is 10.4 Å². The molecule has 14 heavy (non-hydrogen) atoms. The van der Waals surface area contributed by atoms with E-state index in [9.17, 15) is 4.79 Å². The van der Waals surface area contributed by atoms with Crippen LogP contribution in [0.25, 0.3) is 0 Å². The van der Waals surface area contributed by atoms with E-state index in [4.69, 9.17) is 4.84 Å². The Morgan fingerprint density at radius 2 is 2.36 bits per heavy atom. The van der Waals surface area contributed by atoms with Gasteiger partial charge in [0, 0.05) is 12.4 Å². The third-order valence-electron chi connectivity index (χ3n) is 1.47. The second kappa shape index (κ2) is 3.65. The molecule has 0 amide bonds. The van der Waals surface area contributed by atoms with Crippen LogP contribution in [0, 0.1) is 0 Å². The molecule has 0 saturated carbocycles. The van der Waals surface area contributed by atoms with E-state index in [2.05, 4.69) is 15.1 Å². The highest BCUT2D eigenvalue weighted by molar-refractivity contribution is 5.89. The van der Waals surface area contributed by atoms with Crippen LogP contribution in [0.15, 0.2) is 37.2 Å². The van der Waals surface area contributed by atoms with Gasteiger partial charge in [0.1, 0.15) is 6.33 Å². The van der Waals surface area contributed by atoms with Gasteiger partial charge in [0.15, 0.2) is 6.33 Å². The minimum absolute atomic E-state index is 0.364. The summed E-state index contributed by atoms with van der Waals surface area (Å²) in [6.45, 7) is 0. The molecule has 0 radical (unpaired) electrons. The first-order valence-corrected chi connectivity index (χ1v) is 3.83. The number of carbonyl (C=O) groups is 1. The first-order chi connectivity index (χ1) is 6.86. The lowest BCUT2D eigenvalue weighted by Gasteiger charge is -2.00. The summed E-state index contributed by atoms with van der Waals surface area (Å²) in [6.07, 6.45) is 5.55. The van der Waals surface area contributed by atoms with Gasteiger partial charge in [0.25, 0.3) is 0 Å². The largest absolute Gasteiger partial charge is 0.367 e. The van der Waals surface area contributed by atoms with E-state index in [1.807, 2.05) is 0 Å². The Labute approximate surface area is 79.1 Å². The van der Waals surface area contributed by atoms with Crippen LogP contribution in [0.3, 0.4) is 0 Å². The van der Waals surface area contributed by atoms with E-state index >= 15 is 0 Å². The van der Waals surface area contributed by atoms with Crippen molar-refractivity contribution < 1.29 is 9.63 Å². The lowest BCUT2D eigenvalue weighted by molar-refractivity contribution is 0.0392. The van der Waals surface area contributed by atoms with Crippen LogP contribution < -0.4 is 4.84 Å². The second-order valence-electron chi connectivity index (χ2n) is 2.42. The highest BCUT2D eigenvalue weighted by Gasteiger charge is 2.07. The molecule has 2 aromatic rings. The van der Waals surface area contributed by atoms with Crippen molar-refractivity contribution in [1.29, 1.82) is 0 Å². The van der Waals surface area contributed by atoms with E-state index in [0.29, 0.717) is 5.56 Å². The third-order valence-corrected chi connectivity index (χ3v) is 1.47. The van der Waals surface area contributed by atoms with Crippen LogP contribution in [-0.2, 0) is 0 Å². The molecule has 0 saturated heterocycles. The molecule has 2 heterocycles. The fraction of sp³-hybridized carbons (Fsp3) is 0. The minimum atomic E-state index is -0.524. The minimum Gasteiger partial charge on any atom is -0.312 e. The van der Waals surface area contributed by atoms with Gasteiger partial charge in [-0.1, -0.05) is 4.85 Å². The zero-order valence-electron chi connectivity index (χ0n) is 7.07. The van der Waals surface area contributed by atoms with Gasteiger partial charge in [-0.15, -0.1) is 5.10 Å².